The zero-order valence-electron chi connectivity index (χ0n) is 33.4. The van der Waals surface area contributed by atoms with Crippen LogP contribution >= 0.6 is 0 Å². The van der Waals surface area contributed by atoms with Gasteiger partial charge < -0.3 is 9.80 Å². The Morgan fingerprint density at radius 3 is 1.22 bits per heavy atom. The Balaban J connectivity index is 1.23. The van der Waals surface area contributed by atoms with Crippen LogP contribution in [0.15, 0.2) is 194 Å². The molecule has 0 atom stereocenters. The van der Waals surface area contributed by atoms with Gasteiger partial charge in [0.05, 0.1) is 0 Å². The molecule has 0 radical (unpaired) electrons. The van der Waals surface area contributed by atoms with Gasteiger partial charge in [0.2, 0.25) is 0 Å². The maximum Gasteiger partial charge on any atom is 0.0468 e. The average Bonchev–Trinajstić information content (AvgIpc) is 3.64. The molecule has 0 saturated carbocycles. The molecule has 9 aromatic carbocycles. The Bertz CT molecular complexity index is 2960. The van der Waals surface area contributed by atoms with Gasteiger partial charge in [0, 0.05) is 45.0 Å². The van der Waals surface area contributed by atoms with Crippen molar-refractivity contribution in [2.45, 2.75) is 38.5 Å². The molecule has 0 unspecified atom stereocenters. The average molecular weight is 745 g/mol. The summed E-state index contributed by atoms with van der Waals surface area (Å²) in [5, 5.41) is 5.12. The maximum absolute atomic E-state index is 2.56. The summed E-state index contributed by atoms with van der Waals surface area (Å²) in [7, 11) is 0. The molecular weight excluding hydrogens is 701 g/mol. The minimum absolute atomic E-state index is 0.109. The van der Waals surface area contributed by atoms with E-state index in [2.05, 4.69) is 232 Å². The van der Waals surface area contributed by atoms with Crippen LogP contribution in [0.3, 0.4) is 0 Å². The summed E-state index contributed by atoms with van der Waals surface area (Å²) in [5.74, 6) is 0. The molecule has 0 spiro atoms. The largest absolute Gasteiger partial charge is 0.310 e. The molecule has 2 heteroatoms. The zero-order chi connectivity index (χ0) is 39.2. The normalized spacial score (nSPS) is 14.1. The molecule has 0 fully saturated rings. The van der Waals surface area contributed by atoms with Crippen LogP contribution in [0.25, 0.3) is 43.8 Å². The lowest BCUT2D eigenvalue weighted by molar-refractivity contribution is 0.654. The predicted molar refractivity (Wildman–Crippen MR) is 246 cm³/mol. The van der Waals surface area contributed by atoms with E-state index < -0.39 is 0 Å². The molecule has 0 amide bonds. The predicted octanol–water partition coefficient (Wildman–Crippen LogP) is 15.5. The van der Waals surface area contributed by atoms with Gasteiger partial charge >= 0.3 is 0 Å². The van der Waals surface area contributed by atoms with E-state index in [4.69, 9.17) is 0 Å². The SMILES string of the molecule is CC1(C)c2ccccc2-c2cc3c(cc21)-c1c(c2cc(N(c4ccccc4)c4ccccc4)ccc2c2ccc(N(c4ccccc4)c4ccccc4)cc12)C3(C)C. The lowest BCUT2D eigenvalue weighted by atomic mass is 9.78. The van der Waals surface area contributed by atoms with Crippen molar-refractivity contribution in [2.24, 2.45) is 0 Å². The van der Waals surface area contributed by atoms with Crippen molar-refractivity contribution < 1.29 is 0 Å². The summed E-state index contributed by atoms with van der Waals surface area (Å²) in [6, 6.07) is 71.4. The third-order valence-corrected chi connectivity index (χ3v) is 12.9. The Hall–Kier alpha value is -6.90. The second-order valence-electron chi connectivity index (χ2n) is 17.0. The molecular formula is C56H44N2. The number of hydrogen-bond donors (Lipinski definition) is 0. The topological polar surface area (TPSA) is 6.48 Å². The van der Waals surface area contributed by atoms with Gasteiger partial charge in [0.25, 0.3) is 0 Å². The molecule has 11 rings (SSSR count). The highest BCUT2D eigenvalue weighted by atomic mass is 15.1. The Labute approximate surface area is 341 Å². The molecule has 0 aliphatic heterocycles. The fourth-order valence-electron chi connectivity index (χ4n) is 10.2. The number of para-hydroxylation sites is 4. The monoisotopic (exact) mass is 744 g/mol. The van der Waals surface area contributed by atoms with Crippen LogP contribution in [0, 0.1) is 0 Å². The molecule has 0 heterocycles. The lowest BCUT2D eigenvalue weighted by Crippen LogP contribution is -2.17. The van der Waals surface area contributed by atoms with E-state index in [1.54, 1.807) is 0 Å². The second kappa shape index (κ2) is 12.8. The Morgan fingerprint density at radius 1 is 0.293 bits per heavy atom. The van der Waals surface area contributed by atoms with E-state index in [0.717, 1.165) is 34.1 Å². The fourth-order valence-corrected chi connectivity index (χ4v) is 10.2. The van der Waals surface area contributed by atoms with E-state index in [1.807, 2.05) is 0 Å². The molecule has 278 valence electrons. The van der Waals surface area contributed by atoms with Gasteiger partial charge in [-0.05, 0) is 151 Å². The van der Waals surface area contributed by atoms with Gasteiger partial charge in [-0.1, -0.05) is 137 Å². The summed E-state index contributed by atoms with van der Waals surface area (Å²) in [6.45, 7) is 9.69. The third-order valence-electron chi connectivity index (χ3n) is 12.9. The molecule has 0 N–H and O–H groups in total. The molecule has 9 aromatic rings. The van der Waals surface area contributed by atoms with Gasteiger partial charge in [-0.25, -0.2) is 0 Å². The number of benzene rings is 9. The minimum atomic E-state index is -0.273. The van der Waals surface area contributed by atoms with Crippen LogP contribution in [-0.2, 0) is 10.8 Å². The first-order chi connectivity index (χ1) is 28.3. The molecule has 2 aliphatic rings. The Morgan fingerprint density at radius 2 is 0.707 bits per heavy atom. The first kappa shape index (κ1) is 34.4. The van der Waals surface area contributed by atoms with E-state index in [-0.39, 0.29) is 10.8 Å². The molecule has 0 bridgehead atoms. The number of rotatable bonds is 6. The van der Waals surface area contributed by atoms with Crippen molar-refractivity contribution >= 4 is 55.7 Å². The number of hydrogen-bond acceptors (Lipinski definition) is 2. The van der Waals surface area contributed by atoms with Gasteiger partial charge in [0.15, 0.2) is 0 Å². The van der Waals surface area contributed by atoms with Crippen molar-refractivity contribution in [3.05, 3.63) is 216 Å². The fraction of sp³-hybridized carbons (Fsp3) is 0.107. The number of nitrogens with zero attached hydrogens (tertiary/aromatic N) is 2. The highest BCUT2D eigenvalue weighted by Gasteiger charge is 2.43. The summed E-state index contributed by atoms with van der Waals surface area (Å²) in [5.41, 5.74) is 17.5. The standard InChI is InChI=1S/C56H44N2/c1-55(2)50-28-18-17-27-45(50)46-35-52-49(36-51(46)55)53-47-33-41(57(37-19-9-5-10-20-37)38-21-11-6-12-22-38)29-31-43(47)44-32-30-42(34-48(44)54(53)56(52,3)4)58(39-23-13-7-14-24-39)40-25-15-8-16-26-40/h5-36H,1-4H3. The van der Waals surface area contributed by atoms with Crippen LogP contribution in [-0.4, -0.2) is 0 Å². The second-order valence-corrected chi connectivity index (χ2v) is 17.0. The van der Waals surface area contributed by atoms with Crippen molar-refractivity contribution in [3.63, 3.8) is 0 Å². The number of fused-ring (bicyclic) bond motifs is 11. The van der Waals surface area contributed by atoms with Gasteiger partial charge in [-0.2, -0.15) is 0 Å². The van der Waals surface area contributed by atoms with Crippen molar-refractivity contribution in [3.8, 4) is 22.3 Å². The minimum Gasteiger partial charge on any atom is -0.310 e. The first-order valence-corrected chi connectivity index (χ1v) is 20.4. The summed E-state index contributed by atoms with van der Waals surface area (Å²) < 4.78 is 0. The maximum atomic E-state index is 2.56. The van der Waals surface area contributed by atoms with Crippen LogP contribution in [0.5, 0.6) is 0 Å². The van der Waals surface area contributed by atoms with Crippen LogP contribution < -0.4 is 9.80 Å². The van der Waals surface area contributed by atoms with Gasteiger partial charge in [-0.15, -0.1) is 0 Å². The van der Waals surface area contributed by atoms with Gasteiger partial charge in [0.1, 0.15) is 0 Å². The Kier molecular flexibility index (Phi) is 7.59. The van der Waals surface area contributed by atoms with Crippen molar-refractivity contribution in [1.82, 2.24) is 0 Å². The molecule has 0 saturated heterocycles. The van der Waals surface area contributed by atoms with Gasteiger partial charge in [-0.3, -0.25) is 0 Å². The lowest BCUT2D eigenvalue weighted by Gasteiger charge is -2.29. The quantitative estimate of drug-likeness (QED) is 0.156. The smallest absolute Gasteiger partial charge is 0.0468 e. The van der Waals surface area contributed by atoms with E-state index >= 15 is 0 Å². The molecule has 58 heavy (non-hydrogen) atoms. The van der Waals surface area contributed by atoms with E-state index in [9.17, 15) is 0 Å². The summed E-state index contributed by atoms with van der Waals surface area (Å²) in [6.07, 6.45) is 0. The van der Waals surface area contributed by atoms with Crippen LogP contribution in [0.2, 0.25) is 0 Å². The number of anilines is 6. The summed E-state index contributed by atoms with van der Waals surface area (Å²) in [4.78, 5) is 4.78. The first-order valence-electron chi connectivity index (χ1n) is 20.4. The molecule has 0 aromatic heterocycles. The van der Waals surface area contributed by atoms with E-state index in [1.165, 1.54) is 66.1 Å². The highest BCUT2D eigenvalue weighted by Crippen LogP contribution is 2.59. The van der Waals surface area contributed by atoms with Crippen LogP contribution in [0.1, 0.15) is 49.9 Å². The van der Waals surface area contributed by atoms with Crippen molar-refractivity contribution in [2.75, 3.05) is 9.80 Å². The zero-order valence-corrected chi connectivity index (χ0v) is 33.4. The summed E-state index contributed by atoms with van der Waals surface area (Å²) >= 11 is 0. The molecule has 2 aliphatic carbocycles. The van der Waals surface area contributed by atoms with Crippen LogP contribution in [0.4, 0.5) is 34.1 Å². The molecule has 2 nitrogen and oxygen atoms in total. The van der Waals surface area contributed by atoms with E-state index in [0.29, 0.717) is 0 Å². The highest BCUT2D eigenvalue weighted by molar-refractivity contribution is 6.20. The third kappa shape index (κ3) is 5.04. The van der Waals surface area contributed by atoms with Crippen molar-refractivity contribution in [1.29, 1.82) is 0 Å².